The van der Waals surface area contributed by atoms with Crippen molar-refractivity contribution in [3.63, 3.8) is 0 Å². The molecule has 0 radical (unpaired) electrons. The summed E-state index contributed by atoms with van der Waals surface area (Å²) in [7, 11) is 0. The van der Waals surface area contributed by atoms with E-state index in [0.29, 0.717) is 4.88 Å². The number of nitrogens with zero attached hydrogens (tertiary/aromatic N) is 3. The zero-order chi connectivity index (χ0) is 10.8. The first-order valence-corrected chi connectivity index (χ1v) is 4.71. The van der Waals surface area contributed by atoms with Crippen molar-refractivity contribution in [1.82, 2.24) is 5.16 Å². The number of rotatable bonds is 2. The zero-order valence-electron chi connectivity index (χ0n) is 7.25. The van der Waals surface area contributed by atoms with Crippen LogP contribution in [0.1, 0.15) is 21.1 Å². The number of nitriles is 1. The first-order chi connectivity index (χ1) is 7.24. The molecule has 0 spiro atoms. The molecule has 7 heteroatoms. The molecular formula is C8H4N3O3S+. The van der Waals surface area contributed by atoms with Gasteiger partial charge in [-0.25, -0.2) is 0 Å². The van der Waals surface area contributed by atoms with Gasteiger partial charge in [-0.2, -0.15) is 5.26 Å². The number of hydrogen-bond donors (Lipinski definition) is 1. The highest BCUT2D eigenvalue weighted by molar-refractivity contribution is 7.12. The van der Waals surface area contributed by atoms with E-state index in [9.17, 15) is 4.79 Å². The van der Waals surface area contributed by atoms with Crippen LogP contribution in [0.25, 0.3) is 0 Å². The van der Waals surface area contributed by atoms with E-state index in [2.05, 4.69) is 9.79 Å². The maximum Gasteiger partial charge on any atom is 0.358 e. The van der Waals surface area contributed by atoms with Crippen LogP contribution in [0.4, 0.5) is 0 Å². The number of thiophene rings is 1. The molecule has 74 valence electrons. The van der Waals surface area contributed by atoms with Gasteiger partial charge in [-0.15, -0.1) is 11.3 Å². The van der Waals surface area contributed by atoms with Crippen molar-refractivity contribution in [2.24, 2.45) is 0 Å². The third-order valence-electron chi connectivity index (χ3n) is 1.69. The van der Waals surface area contributed by atoms with E-state index in [1.165, 1.54) is 11.3 Å². The predicted molar refractivity (Wildman–Crippen MR) is 46.3 cm³/mol. The van der Waals surface area contributed by atoms with Crippen molar-refractivity contribution in [2.75, 3.05) is 0 Å². The zero-order valence-corrected chi connectivity index (χ0v) is 8.06. The largest absolute Gasteiger partial charge is 0.358 e. The molecule has 1 N–H and O–H groups in total. The average Bonchev–Trinajstić information content (AvgIpc) is 2.85. The standard InChI is InChI=1S/C8H4N3O3S/c9-4-5-7(11(13)14-10-5)8(12)6-2-1-3-15-6/h1-3,13H/q+1. The summed E-state index contributed by atoms with van der Waals surface area (Å²) in [4.78, 5) is 12.3. The Bertz CT molecular complexity index is 538. The van der Waals surface area contributed by atoms with Crippen LogP contribution in [-0.2, 0) is 0 Å². The molecule has 0 aliphatic carbocycles. The molecule has 0 aromatic carbocycles. The van der Waals surface area contributed by atoms with E-state index >= 15 is 0 Å². The van der Waals surface area contributed by atoms with Crippen molar-refractivity contribution in [3.05, 3.63) is 33.8 Å². The van der Waals surface area contributed by atoms with Gasteiger partial charge >= 0.3 is 11.4 Å². The minimum Gasteiger partial charge on any atom is -0.316 e. The van der Waals surface area contributed by atoms with Crippen LogP contribution in [0.3, 0.4) is 0 Å². The quantitative estimate of drug-likeness (QED) is 0.585. The van der Waals surface area contributed by atoms with Gasteiger partial charge in [-0.05, 0) is 16.1 Å². The second-order valence-electron chi connectivity index (χ2n) is 2.56. The Balaban J connectivity index is 2.51. The van der Waals surface area contributed by atoms with Gasteiger partial charge in [-0.3, -0.25) is 4.79 Å². The number of carbonyl (C=O) groups is 1. The lowest BCUT2D eigenvalue weighted by Gasteiger charge is -1.87. The minimum atomic E-state index is -0.495. The molecule has 2 aromatic heterocycles. The molecule has 6 nitrogen and oxygen atoms in total. The Kier molecular flexibility index (Phi) is 2.19. The van der Waals surface area contributed by atoms with Gasteiger partial charge in [0.1, 0.15) is 4.90 Å². The summed E-state index contributed by atoms with van der Waals surface area (Å²) in [6.45, 7) is 0. The second-order valence-corrected chi connectivity index (χ2v) is 3.51. The molecule has 0 bridgehead atoms. The van der Waals surface area contributed by atoms with Gasteiger partial charge in [0.25, 0.3) is 5.78 Å². The van der Waals surface area contributed by atoms with Crippen molar-refractivity contribution < 1.29 is 19.5 Å². The SMILES string of the molecule is N#Cc1no[n+](O)c1C(=O)c1cccs1. The molecule has 2 aromatic rings. The third-order valence-corrected chi connectivity index (χ3v) is 2.56. The lowest BCUT2D eigenvalue weighted by Crippen LogP contribution is -2.35. The average molecular weight is 222 g/mol. The Morgan fingerprint density at radius 2 is 2.53 bits per heavy atom. The number of hydrogen-bond acceptors (Lipinski definition) is 6. The Morgan fingerprint density at radius 3 is 3.13 bits per heavy atom. The molecule has 0 aliphatic heterocycles. The molecular weight excluding hydrogens is 218 g/mol. The van der Waals surface area contributed by atoms with E-state index in [1.807, 2.05) is 0 Å². The second kappa shape index (κ2) is 3.51. The fourth-order valence-electron chi connectivity index (χ4n) is 1.05. The Hall–Kier alpha value is -2.20. The predicted octanol–water partition coefficient (Wildman–Crippen LogP) is 0.364. The molecule has 0 aliphatic rings. The maximum absolute atomic E-state index is 11.7. The molecule has 0 fully saturated rings. The molecule has 15 heavy (non-hydrogen) atoms. The number of ketones is 1. The van der Waals surface area contributed by atoms with Crippen molar-refractivity contribution >= 4 is 17.1 Å². The number of aromatic nitrogens is 2. The van der Waals surface area contributed by atoms with Crippen LogP contribution >= 0.6 is 11.3 Å². The first kappa shape index (κ1) is 9.36. The van der Waals surface area contributed by atoms with Gasteiger partial charge < -0.3 is 5.21 Å². The van der Waals surface area contributed by atoms with E-state index in [4.69, 9.17) is 10.5 Å². The highest BCUT2D eigenvalue weighted by Gasteiger charge is 2.32. The van der Waals surface area contributed by atoms with Gasteiger partial charge in [0.05, 0.1) is 4.88 Å². The summed E-state index contributed by atoms with van der Waals surface area (Å²) in [5.41, 5.74) is -0.504. The van der Waals surface area contributed by atoms with Crippen molar-refractivity contribution in [3.8, 4) is 6.07 Å². The van der Waals surface area contributed by atoms with E-state index in [-0.39, 0.29) is 16.3 Å². The monoisotopic (exact) mass is 222 g/mol. The van der Waals surface area contributed by atoms with Gasteiger partial charge in [-0.1, -0.05) is 6.07 Å². The van der Waals surface area contributed by atoms with Crippen LogP contribution in [0.5, 0.6) is 0 Å². The molecule has 0 amide bonds. The lowest BCUT2D eigenvalue weighted by molar-refractivity contribution is -1.04. The summed E-state index contributed by atoms with van der Waals surface area (Å²) in [6, 6.07) is 4.94. The summed E-state index contributed by atoms with van der Waals surface area (Å²) < 4.78 is 4.29. The molecule has 0 saturated carbocycles. The van der Waals surface area contributed by atoms with Crippen LogP contribution < -0.4 is 4.90 Å². The Morgan fingerprint density at radius 1 is 1.73 bits per heavy atom. The van der Waals surface area contributed by atoms with E-state index in [1.54, 1.807) is 23.6 Å². The van der Waals surface area contributed by atoms with Crippen LogP contribution in [0, 0.1) is 11.3 Å². The Labute approximate surface area is 87.5 Å². The normalized spacial score (nSPS) is 9.80. The van der Waals surface area contributed by atoms with Crippen LogP contribution in [0.15, 0.2) is 22.1 Å². The minimum absolute atomic E-state index is 0.195. The van der Waals surface area contributed by atoms with Gasteiger partial charge in [0, 0.05) is 0 Å². The van der Waals surface area contributed by atoms with E-state index in [0.717, 1.165) is 0 Å². The molecule has 2 heterocycles. The molecule has 2 rings (SSSR count). The lowest BCUT2D eigenvalue weighted by atomic mass is 10.2. The van der Waals surface area contributed by atoms with Gasteiger partial charge in [0.2, 0.25) is 0 Å². The third kappa shape index (κ3) is 1.47. The fourth-order valence-corrected chi connectivity index (χ4v) is 1.71. The fraction of sp³-hybridized carbons (Fsp3) is 0. The topological polar surface area (TPSA) is 91.0 Å². The number of carbonyl (C=O) groups excluding carboxylic acids is 1. The summed E-state index contributed by atoms with van der Waals surface area (Å²) in [5.74, 6) is -0.495. The highest BCUT2D eigenvalue weighted by Crippen LogP contribution is 2.14. The molecule has 0 atom stereocenters. The summed E-state index contributed by atoms with van der Waals surface area (Å²) >= 11 is 1.20. The smallest absolute Gasteiger partial charge is 0.316 e. The van der Waals surface area contributed by atoms with Crippen LogP contribution in [-0.4, -0.2) is 16.1 Å². The van der Waals surface area contributed by atoms with Crippen molar-refractivity contribution in [1.29, 1.82) is 5.26 Å². The van der Waals surface area contributed by atoms with E-state index < -0.39 is 5.78 Å². The summed E-state index contributed by atoms with van der Waals surface area (Å²) in [5, 5.41) is 22.7. The molecule has 0 unspecified atom stereocenters. The van der Waals surface area contributed by atoms with Crippen LogP contribution in [0.2, 0.25) is 0 Å². The summed E-state index contributed by atoms with van der Waals surface area (Å²) in [6.07, 6.45) is 0. The van der Waals surface area contributed by atoms with Crippen molar-refractivity contribution in [2.45, 2.75) is 0 Å². The maximum atomic E-state index is 11.7. The molecule has 0 saturated heterocycles. The highest BCUT2D eigenvalue weighted by atomic mass is 32.1. The first-order valence-electron chi connectivity index (χ1n) is 3.84. The van der Waals surface area contributed by atoms with Gasteiger partial charge in [0.15, 0.2) is 11.2 Å².